The van der Waals surface area contributed by atoms with Gasteiger partial charge < -0.3 is 5.32 Å². The number of fused-ring (bicyclic) bond motifs is 1. The minimum absolute atomic E-state index is 0.141. The predicted octanol–water partition coefficient (Wildman–Crippen LogP) is 5.07. The van der Waals surface area contributed by atoms with Crippen molar-refractivity contribution in [1.82, 2.24) is 30.2 Å². The molecule has 1 unspecified atom stereocenters. The average Bonchev–Trinajstić information content (AvgIpc) is 3.31. The number of allylic oxidation sites excluding steroid dienone is 3. The van der Waals surface area contributed by atoms with Crippen LogP contribution in [0.15, 0.2) is 71.8 Å². The topological polar surface area (TPSA) is 83.9 Å². The van der Waals surface area contributed by atoms with Crippen molar-refractivity contribution in [3.63, 3.8) is 0 Å². The van der Waals surface area contributed by atoms with Crippen LogP contribution in [0.5, 0.6) is 0 Å². The van der Waals surface area contributed by atoms with Crippen molar-refractivity contribution in [2.75, 3.05) is 13.1 Å². The molecule has 1 atom stereocenters. The standard InChI is InChI=1S/C29H32N6OS/c1-20-27(21(2)34-18-33-20)29(36)32-14-22-6-3-7-23(12-11-22)16-35(17-25-15-30-19-37-25)26-10-4-8-24-9-5-13-31-28(24)26/h3,5-6,9,11-13,15,18-19,26H,4,7-8,10,14,16-17H2,1-2H3,(H,32,36). The summed E-state index contributed by atoms with van der Waals surface area (Å²) in [7, 11) is 0. The van der Waals surface area contributed by atoms with Crippen LogP contribution in [-0.2, 0) is 13.0 Å². The van der Waals surface area contributed by atoms with Crippen LogP contribution in [0.1, 0.15) is 63.2 Å². The van der Waals surface area contributed by atoms with Crippen LogP contribution in [0.2, 0.25) is 0 Å². The molecule has 0 spiro atoms. The molecular weight excluding hydrogens is 480 g/mol. The molecule has 0 aliphatic heterocycles. The number of aryl methyl sites for hydroxylation is 3. The molecule has 3 aromatic heterocycles. The van der Waals surface area contributed by atoms with E-state index in [0.717, 1.165) is 37.9 Å². The van der Waals surface area contributed by atoms with Crippen LogP contribution in [0.4, 0.5) is 0 Å². The summed E-state index contributed by atoms with van der Waals surface area (Å²) in [5.74, 6) is -0.141. The van der Waals surface area contributed by atoms with Crippen molar-refractivity contribution in [1.29, 1.82) is 0 Å². The van der Waals surface area contributed by atoms with Crippen LogP contribution in [0.3, 0.4) is 0 Å². The molecule has 0 bridgehead atoms. The van der Waals surface area contributed by atoms with Crippen molar-refractivity contribution >= 4 is 17.2 Å². The average molecular weight is 513 g/mol. The van der Waals surface area contributed by atoms with Crippen molar-refractivity contribution in [2.24, 2.45) is 0 Å². The van der Waals surface area contributed by atoms with Crippen LogP contribution in [-0.4, -0.2) is 43.8 Å². The summed E-state index contributed by atoms with van der Waals surface area (Å²) in [6, 6.07) is 4.56. The zero-order valence-electron chi connectivity index (χ0n) is 21.4. The summed E-state index contributed by atoms with van der Waals surface area (Å²) in [5.41, 5.74) is 8.84. The first kappa shape index (κ1) is 25.2. The second-order valence-electron chi connectivity index (χ2n) is 9.60. The largest absolute Gasteiger partial charge is 0.348 e. The Kier molecular flexibility index (Phi) is 7.96. The number of nitrogens with zero attached hydrogens (tertiary/aromatic N) is 5. The number of thiazole rings is 1. The Bertz CT molecular complexity index is 1320. The van der Waals surface area contributed by atoms with Gasteiger partial charge in [0.2, 0.25) is 0 Å². The SMILES string of the molecule is Cc1ncnc(C)c1C(=O)NCC1=CC=C(CN(Cc2cncs2)C2CCCc3cccnc32)CC=C1. The highest BCUT2D eigenvalue weighted by Crippen LogP contribution is 2.35. The number of carbonyl (C=O) groups is 1. The molecule has 0 saturated carbocycles. The lowest BCUT2D eigenvalue weighted by Gasteiger charge is -2.35. The maximum Gasteiger partial charge on any atom is 0.255 e. The summed E-state index contributed by atoms with van der Waals surface area (Å²) < 4.78 is 0. The van der Waals surface area contributed by atoms with Gasteiger partial charge >= 0.3 is 0 Å². The number of hydrogen-bond acceptors (Lipinski definition) is 7. The minimum atomic E-state index is -0.141. The first-order chi connectivity index (χ1) is 18.1. The van der Waals surface area contributed by atoms with Crippen molar-refractivity contribution < 1.29 is 4.79 Å². The quantitative estimate of drug-likeness (QED) is 0.454. The predicted molar refractivity (Wildman–Crippen MR) is 146 cm³/mol. The van der Waals surface area contributed by atoms with Gasteiger partial charge in [0.15, 0.2) is 0 Å². The molecule has 5 rings (SSSR count). The van der Waals surface area contributed by atoms with E-state index in [0.29, 0.717) is 29.5 Å². The summed E-state index contributed by atoms with van der Waals surface area (Å²) in [5, 5.41) is 3.03. The smallest absolute Gasteiger partial charge is 0.255 e. The van der Waals surface area contributed by atoms with E-state index >= 15 is 0 Å². The van der Waals surface area contributed by atoms with Crippen LogP contribution in [0.25, 0.3) is 0 Å². The molecule has 1 N–H and O–H groups in total. The third-order valence-electron chi connectivity index (χ3n) is 7.01. The van der Waals surface area contributed by atoms with Gasteiger partial charge in [-0.25, -0.2) is 9.97 Å². The third kappa shape index (κ3) is 6.09. The maximum absolute atomic E-state index is 12.8. The zero-order chi connectivity index (χ0) is 25.6. The Morgan fingerprint density at radius 3 is 2.84 bits per heavy atom. The fourth-order valence-corrected chi connectivity index (χ4v) is 5.75. The molecule has 2 aliphatic carbocycles. The van der Waals surface area contributed by atoms with E-state index < -0.39 is 0 Å². The number of hydrogen-bond donors (Lipinski definition) is 1. The van der Waals surface area contributed by atoms with Gasteiger partial charge in [0.1, 0.15) is 6.33 Å². The highest BCUT2D eigenvalue weighted by atomic mass is 32.1. The third-order valence-corrected chi connectivity index (χ3v) is 7.77. The van der Waals surface area contributed by atoms with E-state index in [1.807, 2.05) is 37.8 Å². The van der Waals surface area contributed by atoms with E-state index in [1.54, 1.807) is 11.3 Å². The molecule has 8 heteroatoms. The lowest BCUT2D eigenvalue weighted by molar-refractivity contribution is 0.0955. The van der Waals surface area contributed by atoms with Gasteiger partial charge in [-0.05, 0) is 56.7 Å². The van der Waals surface area contributed by atoms with Crippen LogP contribution >= 0.6 is 11.3 Å². The lowest BCUT2D eigenvalue weighted by Crippen LogP contribution is -2.33. The molecule has 0 radical (unpaired) electrons. The molecule has 0 saturated heterocycles. The van der Waals surface area contributed by atoms with Crippen LogP contribution in [0, 0.1) is 13.8 Å². The monoisotopic (exact) mass is 512 g/mol. The molecule has 37 heavy (non-hydrogen) atoms. The Hall–Kier alpha value is -3.49. The molecule has 190 valence electrons. The summed E-state index contributed by atoms with van der Waals surface area (Å²) >= 11 is 1.70. The van der Waals surface area contributed by atoms with Crippen molar-refractivity contribution in [3.05, 3.63) is 105 Å². The Morgan fingerprint density at radius 2 is 2.03 bits per heavy atom. The molecule has 3 heterocycles. The van der Waals surface area contributed by atoms with Gasteiger partial charge in [-0.15, -0.1) is 11.3 Å². The highest BCUT2D eigenvalue weighted by molar-refractivity contribution is 7.09. The molecule has 0 fully saturated rings. The normalized spacial score (nSPS) is 17.1. The van der Waals surface area contributed by atoms with E-state index in [2.05, 4.69) is 55.5 Å². The second-order valence-corrected chi connectivity index (χ2v) is 10.6. The van der Waals surface area contributed by atoms with E-state index in [-0.39, 0.29) is 5.91 Å². The molecule has 2 aliphatic rings. The lowest BCUT2D eigenvalue weighted by atomic mass is 9.90. The first-order valence-corrected chi connectivity index (χ1v) is 13.6. The summed E-state index contributed by atoms with van der Waals surface area (Å²) in [6.45, 7) is 5.84. The van der Waals surface area contributed by atoms with Gasteiger partial charge in [0.25, 0.3) is 5.91 Å². The number of nitrogens with one attached hydrogen (secondary N) is 1. The molecule has 0 aromatic carbocycles. The van der Waals surface area contributed by atoms with Gasteiger partial charge in [0, 0.05) is 36.9 Å². The number of pyridine rings is 1. The Morgan fingerprint density at radius 1 is 1.16 bits per heavy atom. The van der Waals surface area contributed by atoms with Gasteiger partial charge in [-0.1, -0.05) is 35.9 Å². The first-order valence-electron chi connectivity index (χ1n) is 12.7. The minimum Gasteiger partial charge on any atom is -0.348 e. The fourth-order valence-electron chi connectivity index (χ4n) is 5.14. The van der Waals surface area contributed by atoms with E-state index in [4.69, 9.17) is 4.98 Å². The Balaban J connectivity index is 1.31. The second kappa shape index (κ2) is 11.7. The Labute approximate surface area is 222 Å². The number of aromatic nitrogens is 4. The van der Waals surface area contributed by atoms with Crippen LogP contribution < -0.4 is 5.32 Å². The summed E-state index contributed by atoms with van der Waals surface area (Å²) in [4.78, 5) is 34.0. The molecule has 1 amide bonds. The highest BCUT2D eigenvalue weighted by Gasteiger charge is 2.28. The summed E-state index contributed by atoms with van der Waals surface area (Å²) in [6.07, 6.45) is 18.3. The zero-order valence-corrected chi connectivity index (χ0v) is 22.2. The molecular formula is C29H32N6OS. The number of rotatable bonds is 8. The maximum atomic E-state index is 12.8. The number of amides is 1. The number of carbonyl (C=O) groups excluding carboxylic acids is 1. The fraction of sp³-hybridized carbons (Fsp3) is 0.345. The van der Waals surface area contributed by atoms with Gasteiger partial charge in [-0.3, -0.25) is 19.7 Å². The van der Waals surface area contributed by atoms with Gasteiger partial charge in [0.05, 0.1) is 34.2 Å². The molecule has 7 nitrogen and oxygen atoms in total. The van der Waals surface area contributed by atoms with Crippen molar-refractivity contribution in [2.45, 2.75) is 52.1 Å². The van der Waals surface area contributed by atoms with E-state index in [1.165, 1.54) is 34.5 Å². The van der Waals surface area contributed by atoms with Gasteiger partial charge in [-0.2, -0.15) is 0 Å². The van der Waals surface area contributed by atoms with E-state index in [9.17, 15) is 4.79 Å². The molecule has 3 aromatic rings. The van der Waals surface area contributed by atoms with Crippen molar-refractivity contribution in [3.8, 4) is 0 Å².